The van der Waals surface area contributed by atoms with Gasteiger partial charge in [0.05, 0.1) is 4.87 Å². The number of fused-ring (bicyclic) bond motifs is 1. The van der Waals surface area contributed by atoms with Gasteiger partial charge in [-0.05, 0) is 50.5 Å². The second kappa shape index (κ2) is 5.05. The first-order chi connectivity index (χ1) is 9.89. The number of anilines is 1. The van der Waals surface area contributed by atoms with E-state index in [4.69, 9.17) is 0 Å². The first-order valence-corrected chi connectivity index (χ1v) is 8.23. The lowest BCUT2D eigenvalue weighted by Gasteiger charge is -2.29. The van der Waals surface area contributed by atoms with Crippen LogP contribution in [0.4, 0.5) is 5.69 Å². The van der Waals surface area contributed by atoms with Gasteiger partial charge < -0.3 is 10.2 Å². The van der Waals surface area contributed by atoms with Crippen LogP contribution in [-0.4, -0.2) is 33.4 Å². The monoisotopic (exact) mass is 304 g/mol. The van der Waals surface area contributed by atoms with E-state index in [1.165, 1.54) is 0 Å². The van der Waals surface area contributed by atoms with Crippen LogP contribution in [0, 0.1) is 13.8 Å². The van der Waals surface area contributed by atoms with E-state index in [0.29, 0.717) is 12.2 Å². The first-order valence-electron chi connectivity index (χ1n) is 7.24. The molecular formula is C16H20N2O2S. The van der Waals surface area contributed by atoms with E-state index in [2.05, 4.69) is 18.3 Å². The minimum atomic E-state index is -0.351. The molecule has 1 aromatic rings. The Balaban J connectivity index is 1.78. The standard InChI is InChI=1S/C16H20N2O2S/c1-10-6-11(2)8-12(7-10)17-15(20)13-9-21-16(3)5-4-14(19)18(13)16/h6-8,13H,4-5,9H2,1-3H3,(H,17,20)/t13-,16-/m1/s1. The molecule has 2 aliphatic heterocycles. The Bertz CT molecular complexity index is 596. The molecule has 2 saturated heterocycles. The molecule has 1 N–H and O–H groups in total. The summed E-state index contributed by atoms with van der Waals surface area (Å²) >= 11 is 1.72. The second-order valence-corrected chi connectivity index (χ2v) is 7.63. The van der Waals surface area contributed by atoms with Crippen LogP contribution in [0.3, 0.4) is 0 Å². The number of hydrogen-bond acceptors (Lipinski definition) is 3. The molecule has 0 bridgehead atoms. The fourth-order valence-corrected chi connectivity index (χ4v) is 4.72. The van der Waals surface area contributed by atoms with E-state index < -0.39 is 0 Å². The molecule has 2 amide bonds. The van der Waals surface area contributed by atoms with Crippen LogP contribution in [-0.2, 0) is 9.59 Å². The number of amides is 2. The van der Waals surface area contributed by atoms with Gasteiger partial charge in [0, 0.05) is 17.9 Å². The Kier molecular flexibility index (Phi) is 3.48. The van der Waals surface area contributed by atoms with Crippen LogP contribution in [0.25, 0.3) is 0 Å². The van der Waals surface area contributed by atoms with Gasteiger partial charge in [0.15, 0.2) is 0 Å². The van der Waals surface area contributed by atoms with Crippen LogP contribution in [0.15, 0.2) is 18.2 Å². The number of nitrogens with zero attached hydrogens (tertiary/aromatic N) is 1. The maximum absolute atomic E-state index is 12.5. The quantitative estimate of drug-likeness (QED) is 0.914. The van der Waals surface area contributed by atoms with Crippen molar-refractivity contribution in [2.45, 2.75) is 44.5 Å². The normalized spacial score (nSPS) is 27.9. The summed E-state index contributed by atoms with van der Waals surface area (Å²) in [5.41, 5.74) is 3.05. The molecule has 2 fully saturated rings. The number of hydrogen-bond donors (Lipinski definition) is 1. The van der Waals surface area contributed by atoms with Crippen LogP contribution >= 0.6 is 11.8 Å². The molecule has 4 nitrogen and oxygen atoms in total. The Hall–Kier alpha value is -1.49. The molecule has 0 saturated carbocycles. The number of carbonyl (C=O) groups is 2. The summed E-state index contributed by atoms with van der Waals surface area (Å²) in [7, 11) is 0. The molecule has 0 aliphatic carbocycles. The lowest BCUT2D eigenvalue weighted by molar-refractivity contribution is -0.135. The summed E-state index contributed by atoms with van der Waals surface area (Å²) in [6.45, 7) is 6.08. The number of benzene rings is 1. The van der Waals surface area contributed by atoms with E-state index in [1.54, 1.807) is 16.7 Å². The van der Waals surface area contributed by atoms with Gasteiger partial charge in [0.25, 0.3) is 0 Å². The molecule has 112 valence electrons. The van der Waals surface area contributed by atoms with Gasteiger partial charge in [-0.25, -0.2) is 0 Å². The van der Waals surface area contributed by atoms with Crippen molar-refractivity contribution in [2.75, 3.05) is 11.1 Å². The fraction of sp³-hybridized carbons (Fsp3) is 0.500. The van der Waals surface area contributed by atoms with E-state index in [9.17, 15) is 9.59 Å². The average molecular weight is 304 g/mol. The summed E-state index contributed by atoms with van der Waals surface area (Å²) in [5.74, 6) is 0.702. The van der Waals surface area contributed by atoms with Crippen molar-refractivity contribution in [1.82, 2.24) is 4.90 Å². The van der Waals surface area contributed by atoms with Crippen molar-refractivity contribution in [3.05, 3.63) is 29.3 Å². The highest BCUT2D eigenvalue weighted by Gasteiger charge is 2.52. The summed E-state index contributed by atoms with van der Waals surface area (Å²) in [5, 5.41) is 2.97. The molecule has 3 rings (SSSR count). The molecular weight excluding hydrogens is 284 g/mol. The van der Waals surface area contributed by atoms with Crippen LogP contribution in [0.5, 0.6) is 0 Å². The minimum Gasteiger partial charge on any atom is -0.324 e. The Morgan fingerprint density at radius 3 is 2.67 bits per heavy atom. The van der Waals surface area contributed by atoms with Gasteiger partial charge >= 0.3 is 0 Å². The predicted molar refractivity (Wildman–Crippen MR) is 85.3 cm³/mol. The van der Waals surface area contributed by atoms with Crippen LogP contribution in [0.2, 0.25) is 0 Å². The highest BCUT2D eigenvalue weighted by molar-refractivity contribution is 8.01. The third-order valence-electron chi connectivity index (χ3n) is 4.24. The van der Waals surface area contributed by atoms with Crippen molar-refractivity contribution < 1.29 is 9.59 Å². The molecule has 21 heavy (non-hydrogen) atoms. The lowest BCUT2D eigenvalue weighted by Crippen LogP contribution is -2.48. The highest BCUT2D eigenvalue weighted by atomic mass is 32.2. The SMILES string of the molecule is Cc1cc(C)cc(NC(=O)[C@H]2CS[C@]3(C)CCC(=O)N23)c1. The summed E-state index contributed by atoms with van der Waals surface area (Å²) in [6, 6.07) is 5.63. The largest absolute Gasteiger partial charge is 0.324 e. The van der Waals surface area contributed by atoms with E-state index in [0.717, 1.165) is 23.2 Å². The Labute approximate surface area is 129 Å². The molecule has 1 aromatic carbocycles. The zero-order valence-electron chi connectivity index (χ0n) is 12.6. The zero-order valence-corrected chi connectivity index (χ0v) is 13.4. The second-order valence-electron chi connectivity index (χ2n) is 6.13. The van der Waals surface area contributed by atoms with Crippen molar-refractivity contribution in [2.24, 2.45) is 0 Å². The van der Waals surface area contributed by atoms with Gasteiger partial charge in [0.2, 0.25) is 11.8 Å². The molecule has 2 aliphatic rings. The van der Waals surface area contributed by atoms with Crippen molar-refractivity contribution in [1.29, 1.82) is 0 Å². The molecule has 2 atom stereocenters. The van der Waals surface area contributed by atoms with Gasteiger partial charge in [-0.15, -0.1) is 11.8 Å². The third-order valence-corrected chi connectivity index (χ3v) is 5.74. The van der Waals surface area contributed by atoms with Gasteiger partial charge in [0.1, 0.15) is 6.04 Å². The average Bonchev–Trinajstić information content (AvgIpc) is 2.86. The van der Waals surface area contributed by atoms with Crippen molar-refractivity contribution in [3.8, 4) is 0 Å². The maximum Gasteiger partial charge on any atom is 0.248 e. The number of nitrogens with one attached hydrogen (secondary N) is 1. The Morgan fingerprint density at radius 1 is 1.33 bits per heavy atom. The predicted octanol–water partition coefficient (Wildman–Crippen LogP) is 2.70. The fourth-order valence-electron chi connectivity index (χ4n) is 3.29. The number of rotatable bonds is 2. The van der Waals surface area contributed by atoms with E-state index in [1.807, 2.05) is 26.0 Å². The van der Waals surface area contributed by atoms with E-state index >= 15 is 0 Å². The number of thioether (sulfide) groups is 1. The number of aryl methyl sites for hydroxylation is 2. The van der Waals surface area contributed by atoms with E-state index in [-0.39, 0.29) is 22.7 Å². The number of carbonyl (C=O) groups excluding carboxylic acids is 2. The van der Waals surface area contributed by atoms with Crippen LogP contribution in [0.1, 0.15) is 30.9 Å². The Morgan fingerprint density at radius 2 is 2.00 bits per heavy atom. The zero-order chi connectivity index (χ0) is 15.2. The van der Waals surface area contributed by atoms with Crippen LogP contribution < -0.4 is 5.32 Å². The summed E-state index contributed by atoms with van der Waals surface area (Å²) in [6.07, 6.45) is 1.39. The molecule has 2 heterocycles. The van der Waals surface area contributed by atoms with Gasteiger partial charge in [-0.1, -0.05) is 6.07 Å². The minimum absolute atomic E-state index is 0.0773. The molecule has 0 unspecified atom stereocenters. The summed E-state index contributed by atoms with van der Waals surface area (Å²) < 4.78 is 0. The molecule has 0 aromatic heterocycles. The van der Waals surface area contributed by atoms with Crippen molar-refractivity contribution >= 4 is 29.3 Å². The first kappa shape index (κ1) is 14.4. The lowest BCUT2D eigenvalue weighted by atomic mass is 10.1. The van der Waals surface area contributed by atoms with Gasteiger partial charge in [-0.3, -0.25) is 9.59 Å². The highest BCUT2D eigenvalue weighted by Crippen LogP contribution is 2.47. The topological polar surface area (TPSA) is 49.4 Å². The summed E-state index contributed by atoms with van der Waals surface area (Å²) in [4.78, 5) is 26.2. The third kappa shape index (κ3) is 2.55. The molecule has 5 heteroatoms. The smallest absolute Gasteiger partial charge is 0.248 e. The maximum atomic E-state index is 12.5. The van der Waals surface area contributed by atoms with Crippen molar-refractivity contribution in [3.63, 3.8) is 0 Å². The molecule has 0 spiro atoms. The van der Waals surface area contributed by atoms with Gasteiger partial charge in [-0.2, -0.15) is 0 Å². The molecule has 0 radical (unpaired) electrons.